The molecule has 0 radical (unpaired) electrons. The van der Waals surface area contributed by atoms with E-state index >= 15 is 0 Å². The van der Waals surface area contributed by atoms with Gasteiger partial charge in [0.05, 0.1) is 29.6 Å². The van der Waals surface area contributed by atoms with Gasteiger partial charge in [-0.25, -0.2) is 0 Å². The van der Waals surface area contributed by atoms with E-state index in [0.717, 1.165) is 71.0 Å². The van der Waals surface area contributed by atoms with E-state index in [1.54, 1.807) is 0 Å². The minimum absolute atomic E-state index is 0.0261. The van der Waals surface area contributed by atoms with Crippen LogP contribution in [0.25, 0.3) is 6.08 Å². The largest absolute Gasteiger partial charge is 0.466 e. The molecule has 0 amide bonds. The van der Waals surface area contributed by atoms with Crippen molar-refractivity contribution in [3.63, 3.8) is 0 Å². The summed E-state index contributed by atoms with van der Waals surface area (Å²) >= 11 is 0. The standard InChI is InChI=1S/C60H110N2O5/c1-6-10-14-18-21-30-38-51-66-56(63)43-34-26-22-28-36-48-62(50-39-47-61-57-55(58(64)59(57)65)52-53(5)40-31-17-13-9-4)49-37-29-23-27-35-44-60(45-46-60)67-54(41-32-24-19-15-11-7-2)42-33-25-20-16-12-8-3/h52,54,61H,6-51H2,1-5H3/b53-52-. The van der Waals surface area contributed by atoms with E-state index in [-0.39, 0.29) is 22.4 Å². The summed E-state index contributed by atoms with van der Waals surface area (Å²) in [6.07, 6.45) is 52.9. The van der Waals surface area contributed by atoms with Crippen LogP contribution in [0.4, 0.5) is 5.69 Å². The second kappa shape index (κ2) is 41.8. The van der Waals surface area contributed by atoms with E-state index in [0.29, 0.717) is 36.9 Å². The lowest BCUT2D eigenvalue weighted by atomic mass is 10.0. The van der Waals surface area contributed by atoms with Crippen molar-refractivity contribution in [1.82, 2.24) is 4.90 Å². The first kappa shape index (κ1) is 61.1. The number of carbonyl (C=O) groups excluding carboxylic acids is 1. The van der Waals surface area contributed by atoms with Gasteiger partial charge in [-0.15, -0.1) is 0 Å². The molecule has 0 aromatic heterocycles. The molecule has 1 aromatic carbocycles. The van der Waals surface area contributed by atoms with E-state index in [1.807, 2.05) is 6.08 Å². The Hall–Kier alpha value is -1.99. The Labute approximate surface area is 414 Å². The van der Waals surface area contributed by atoms with Crippen molar-refractivity contribution in [2.45, 2.75) is 310 Å². The molecule has 0 atom stereocenters. The molecule has 67 heavy (non-hydrogen) atoms. The number of carbonyl (C=O) groups is 1. The number of nitrogens with zero attached hydrogens (tertiary/aromatic N) is 1. The highest BCUT2D eigenvalue weighted by Crippen LogP contribution is 2.46. The number of hydrogen-bond acceptors (Lipinski definition) is 7. The van der Waals surface area contributed by atoms with Crippen molar-refractivity contribution in [3.8, 4) is 0 Å². The van der Waals surface area contributed by atoms with Crippen molar-refractivity contribution in [2.75, 3.05) is 38.1 Å². The van der Waals surface area contributed by atoms with E-state index in [4.69, 9.17) is 9.47 Å². The molecule has 7 nitrogen and oxygen atoms in total. The quantitative estimate of drug-likeness (QED) is 0.0396. The van der Waals surface area contributed by atoms with Gasteiger partial charge in [-0.3, -0.25) is 14.4 Å². The molecule has 1 aliphatic rings. The highest BCUT2D eigenvalue weighted by Gasteiger charge is 2.44. The number of hydrogen-bond donors (Lipinski definition) is 1. The van der Waals surface area contributed by atoms with Gasteiger partial charge >= 0.3 is 5.97 Å². The second-order valence-corrected chi connectivity index (χ2v) is 21.3. The molecule has 390 valence electrons. The molecule has 1 aliphatic carbocycles. The Morgan fingerprint density at radius 3 is 1.55 bits per heavy atom. The van der Waals surface area contributed by atoms with Gasteiger partial charge in [0, 0.05) is 13.0 Å². The first-order chi connectivity index (χ1) is 32.8. The average molecular weight is 940 g/mol. The van der Waals surface area contributed by atoms with Crippen LogP contribution in [-0.2, 0) is 14.3 Å². The van der Waals surface area contributed by atoms with Gasteiger partial charge < -0.3 is 19.7 Å². The van der Waals surface area contributed by atoms with Gasteiger partial charge in [-0.2, -0.15) is 0 Å². The summed E-state index contributed by atoms with van der Waals surface area (Å²) < 4.78 is 12.5. The van der Waals surface area contributed by atoms with E-state index < -0.39 is 0 Å². The summed E-state index contributed by atoms with van der Waals surface area (Å²) in [5, 5.41) is 3.36. The zero-order valence-electron chi connectivity index (χ0n) is 45.2. The van der Waals surface area contributed by atoms with Crippen LogP contribution in [0.3, 0.4) is 0 Å². The van der Waals surface area contributed by atoms with Gasteiger partial charge in [-0.1, -0.05) is 213 Å². The normalized spacial score (nSPS) is 13.7. The van der Waals surface area contributed by atoms with Crippen molar-refractivity contribution in [2.24, 2.45) is 0 Å². The molecular weight excluding hydrogens is 829 g/mol. The third-order valence-corrected chi connectivity index (χ3v) is 14.7. The first-order valence-electron chi connectivity index (χ1n) is 29.6. The number of nitrogens with one attached hydrogen (secondary N) is 1. The summed E-state index contributed by atoms with van der Waals surface area (Å²) in [7, 11) is 0. The van der Waals surface area contributed by atoms with Gasteiger partial charge in [0.25, 0.3) is 0 Å². The molecule has 0 bridgehead atoms. The minimum atomic E-state index is -0.358. The maximum Gasteiger partial charge on any atom is 0.305 e. The number of esters is 1. The number of anilines is 1. The Balaban J connectivity index is 1.77. The van der Waals surface area contributed by atoms with Crippen LogP contribution in [-0.4, -0.2) is 55.4 Å². The monoisotopic (exact) mass is 939 g/mol. The predicted molar refractivity (Wildman–Crippen MR) is 290 cm³/mol. The van der Waals surface area contributed by atoms with E-state index in [1.165, 1.54) is 211 Å². The average Bonchev–Trinajstić information content (AvgIpc) is 4.10. The van der Waals surface area contributed by atoms with Crippen LogP contribution in [0.15, 0.2) is 15.2 Å². The van der Waals surface area contributed by atoms with Gasteiger partial charge in [0.15, 0.2) is 0 Å². The second-order valence-electron chi connectivity index (χ2n) is 21.3. The third kappa shape index (κ3) is 31.8. The molecule has 0 heterocycles. The molecule has 2 rings (SSSR count). The smallest absolute Gasteiger partial charge is 0.305 e. The lowest BCUT2D eigenvalue weighted by molar-refractivity contribution is -0.143. The Bertz CT molecular complexity index is 1390. The molecule has 0 aliphatic heterocycles. The highest BCUT2D eigenvalue weighted by atomic mass is 16.5. The Morgan fingerprint density at radius 2 is 1.00 bits per heavy atom. The molecule has 7 heteroatoms. The fourth-order valence-corrected chi connectivity index (χ4v) is 9.97. The van der Waals surface area contributed by atoms with Gasteiger partial charge in [0.1, 0.15) is 0 Å². The van der Waals surface area contributed by atoms with Crippen LogP contribution < -0.4 is 16.2 Å². The molecule has 0 saturated heterocycles. The lowest BCUT2D eigenvalue weighted by Gasteiger charge is -2.25. The SMILES string of the molecule is CCCCCCCCCOC(=O)CCCCCCCN(CCCCCCCC1(OC(CCCCCCCC)CCCCCCCC)CC1)CCCNc1c(/C=C(/C)CCCCCC)c(=O)c1=O. The fourth-order valence-electron chi connectivity index (χ4n) is 9.97. The Kier molecular flexibility index (Phi) is 38.1. The van der Waals surface area contributed by atoms with Crippen molar-refractivity contribution in [3.05, 3.63) is 31.6 Å². The van der Waals surface area contributed by atoms with Crippen LogP contribution in [0.2, 0.25) is 0 Å². The molecule has 0 spiro atoms. The van der Waals surface area contributed by atoms with Crippen LogP contribution in [0, 0.1) is 0 Å². The molecule has 1 N–H and O–H groups in total. The molecular formula is C60H110N2O5. The molecule has 0 unspecified atom stereocenters. The van der Waals surface area contributed by atoms with Gasteiger partial charge in [-0.05, 0) is 110 Å². The summed E-state index contributed by atoms with van der Waals surface area (Å²) in [5.74, 6) is -0.0261. The number of rotatable bonds is 51. The zero-order chi connectivity index (χ0) is 48.5. The minimum Gasteiger partial charge on any atom is -0.466 e. The topological polar surface area (TPSA) is 84.9 Å². The highest BCUT2D eigenvalue weighted by molar-refractivity contribution is 5.72. The van der Waals surface area contributed by atoms with Crippen molar-refractivity contribution < 1.29 is 14.3 Å². The molecule has 1 aromatic rings. The number of allylic oxidation sites excluding steroid dienone is 1. The van der Waals surface area contributed by atoms with Gasteiger partial charge in [0.2, 0.25) is 10.9 Å². The van der Waals surface area contributed by atoms with Crippen LogP contribution >= 0.6 is 0 Å². The maximum absolute atomic E-state index is 12.5. The molecule has 1 fully saturated rings. The predicted octanol–water partition coefficient (Wildman–Crippen LogP) is 17.2. The zero-order valence-corrected chi connectivity index (χ0v) is 45.2. The molecule has 1 saturated carbocycles. The fraction of sp³-hybridized carbons (Fsp3) is 0.883. The summed E-state index contributed by atoms with van der Waals surface area (Å²) in [5.41, 5.74) is 1.78. The number of ether oxygens (including phenoxy) is 2. The maximum atomic E-state index is 12.5. The summed E-state index contributed by atoms with van der Waals surface area (Å²) in [6.45, 7) is 15.6. The van der Waals surface area contributed by atoms with Crippen LogP contribution in [0.1, 0.15) is 303 Å². The third-order valence-electron chi connectivity index (χ3n) is 14.7. The first-order valence-corrected chi connectivity index (χ1v) is 29.6. The summed E-state index contributed by atoms with van der Waals surface area (Å²) in [6, 6.07) is 0. The van der Waals surface area contributed by atoms with E-state index in [2.05, 4.69) is 44.8 Å². The lowest BCUT2D eigenvalue weighted by Crippen LogP contribution is -2.37. The van der Waals surface area contributed by atoms with Crippen LogP contribution in [0.5, 0.6) is 0 Å². The van der Waals surface area contributed by atoms with Crippen molar-refractivity contribution >= 4 is 17.7 Å². The summed E-state index contributed by atoms with van der Waals surface area (Å²) in [4.78, 5) is 39.9. The van der Waals surface area contributed by atoms with E-state index in [9.17, 15) is 14.4 Å². The number of unbranched alkanes of at least 4 members (excludes halogenated alkanes) is 27. The Morgan fingerprint density at radius 1 is 0.552 bits per heavy atom. The van der Waals surface area contributed by atoms with Crippen molar-refractivity contribution in [1.29, 1.82) is 0 Å².